The predicted molar refractivity (Wildman–Crippen MR) is 129 cm³/mol. The number of hydrogen-bond donors (Lipinski definition) is 0. The molecule has 0 bridgehead atoms. The van der Waals surface area contributed by atoms with Crippen molar-refractivity contribution in [3.63, 3.8) is 0 Å². The van der Waals surface area contributed by atoms with Crippen LogP contribution < -0.4 is 4.74 Å². The minimum Gasteiger partial charge on any atom is -0.484 e. The number of halogens is 1. The summed E-state index contributed by atoms with van der Waals surface area (Å²) in [6, 6.07) is 26.2. The third kappa shape index (κ3) is 3.35. The number of rotatable bonds is 3. The van der Waals surface area contributed by atoms with E-state index in [1.807, 2.05) is 66.7 Å². The van der Waals surface area contributed by atoms with E-state index in [4.69, 9.17) is 19.7 Å². The van der Waals surface area contributed by atoms with E-state index in [-0.39, 0.29) is 12.0 Å². The molecule has 2 aliphatic rings. The molecular formula is C27H18BrN3O. The molecule has 4 nitrogen and oxygen atoms in total. The van der Waals surface area contributed by atoms with Crippen LogP contribution in [0, 0.1) is 0 Å². The highest BCUT2D eigenvalue weighted by atomic mass is 79.9. The molecule has 0 fully saturated rings. The zero-order valence-corrected chi connectivity index (χ0v) is 18.6. The first-order valence-electron chi connectivity index (χ1n) is 10.5. The van der Waals surface area contributed by atoms with Gasteiger partial charge in [-0.2, -0.15) is 0 Å². The summed E-state index contributed by atoms with van der Waals surface area (Å²) < 4.78 is 7.43. The van der Waals surface area contributed by atoms with E-state index < -0.39 is 0 Å². The number of fused-ring (bicyclic) bond motifs is 3. The van der Waals surface area contributed by atoms with Gasteiger partial charge in [0.2, 0.25) is 0 Å². The first kappa shape index (κ1) is 19.1. The Morgan fingerprint density at radius 2 is 1.31 bits per heavy atom. The normalized spacial score (nSPS) is 18.5. The number of para-hydroxylation sites is 1. The standard InChI is InChI=1S/C27H18BrN3O/c28-19-14-15-20-21-12-7-13-22(24(21)32-23(20)16-19)27-30-25(17-8-3-1-4-9-17)29-26(31-27)18-10-5-2-6-11-18/h1-16,20,23H. The van der Waals surface area contributed by atoms with Gasteiger partial charge in [0, 0.05) is 27.1 Å². The van der Waals surface area contributed by atoms with Crippen LogP contribution in [0.3, 0.4) is 0 Å². The quantitative estimate of drug-likeness (QED) is 0.333. The summed E-state index contributed by atoms with van der Waals surface area (Å²) in [4.78, 5) is 14.5. The fraction of sp³-hybridized carbons (Fsp3) is 0.0741. The highest BCUT2D eigenvalue weighted by Gasteiger charge is 2.35. The number of ether oxygens (including phenoxy) is 1. The van der Waals surface area contributed by atoms with Gasteiger partial charge >= 0.3 is 0 Å². The molecule has 3 aromatic carbocycles. The summed E-state index contributed by atoms with van der Waals surface area (Å²) in [5.74, 6) is 2.93. The Balaban J connectivity index is 1.53. The molecule has 6 rings (SSSR count). The highest BCUT2D eigenvalue weighted by Crippen LogP contribution is 2.47. The van der Waals surface area contributed by atoms with Crippen molar-refractivity contribution >= 4 is 15.9 Å². The van der Waals surface area contributed by atoms with Crippen molar-refractivity contribution in [2.24, 2.45) is 0 Å². The number of hydrogen-bond acceptors (Lipinski definition) is 4. The molecule has 154 valence electrons. The first-order valence-corrected chi connectivity index (χ1v) is 11.3. The SMILES string of the molecule is BrC1=CC2Oc3c(-c4nc(-c5ccccc5)nc(-c5ccccc5)n4)cccc3C2C=C1. The lowest BCUT2D eigenvalue weighted by atomic mass is 9.91. The first-order chi connectivity index (χ1) is 15.8. The van der Waals surface area contributed by atoms with Gasteiger partial charge in [0.15, 0.2) is 17.5 Å². The molecule has 0 saturated heterocycles. The zero-order valence-electron chi connectivity index (χ0n) is 17.0. The van der Waals surface area contributed by atoms with Gasteiger partial charge in [-0.05, 0) is 12.1 Å². The molecule has 0 spiro atoms. The lowest BCUT2D eigenvalue weighted by Gasteiger charge is -2.16. The maximum Gasteiger partial charge on any atom is 0.167 e. The second-order valence-corrected chi connectivity index (χ2v) is 8.70. The van der Waals surface area contributed by atoms with E-state index in [2.05, 4.69) is 46.3 Å². The van der Waals surface area contributed by atoms with Crippen molar-refractivity contribution in [2.75, 3.05) is 0 Å². The average Bonchev–Trinajstić information content (AvgIpc) is 3.22. The fourth-order valence-corrected chi connectivity index (χ4v) is 4.61. The van der Waals surface area contributed by atoms with Crippen LogP contribution in [-0.2, 0) is 0 Å². The Morgan fingerprint density at radius 1 is 0.688 bits per heavy atom. The van der Waals surface area contributed by atoms with Crippen LogP contribution in [0.5, 0.6) is 5.75 Å². The molecule has 5 heteroatoms. The van der Waals surface area contributed by atoms with Crippen molar-refractivity contribution in [1.82, 2.24) is 15.0 Å². The lowest BCUT2D eigenvalue weighted by Crippen LogP contribution is -2.16. The van der Waals surface area contributed by atoms with E-state index in [0.29, 0.717) is 17.5 Å². The molecule has 0 saturated carbocycles. The maximum atomic E-state index is 6.40. The summed E-state index contributed by atoms with van der Waals surface area (Å²) >= 11 is 3.57. The Bertz CT molecular complexity index is 1310. The van der Waals surface area contributed by atoms with Crippen LogP contribution >= 0.6 is 15.9 Å². The predicted octanol–water partition coefficient (Wildman–Crippen LogP) is 6.57. The van der Waals surface area contributed by atoms with Crippen LogP contribution in [-0.4, -0.2) is 21.1 Å². The number of allylic oxidation sites excluding steroid dienone is 2. The third-order valence-corrected chi connectivity index (χ3v) is 6.27. The van der Waals surface area contributed by atoms with Gasteiger partial charge in [-0.15, -0.1) is 0 Å². The fourth-order valence-electron chi connectivity index (χ4n) is 4.20. The van der Waals surface area contributed by atoms with E-state index in [9.17, 15) is 0 Å². The molecule has 4 aromatic rings. The maximum absolute atomic E-state index is 6.40. The Labute approximate surface area is 194 Å². The molecule has 1 aromatic heterocycles. The van der Waals surface area contributed by atoms with Gasteiger partial charge in [-0.25, -0.2) is 15.0 Å². The van der Waals surface area contributed by atoms with Crippen LogP contribution in [0.15, 0.2) is 102 Å². The highest BCUT2D eigenvalue weighted by molar-refractivity contribution is 9.11. The van der Waals surface area contributed by atoms with Crippen LogP contribution in [0.4, 0.5) is 0 Å². The van der Waals surface area contributed by atoms with E-state index >= 15 is 0 Å². The van der Waals surface area contributed by atoms with Crippen molar-refractivity contribution in [3.8, 4) is 39.9 Å². The van der Waals surface area contributed by atoms with Crippen molar-refractivity contribution in [1.29, 1.82) is 0 Å². The second-order valence-electron chi connectivity index (χ2n) is 7.78. The van der Waals surface area contributed by atoms with Gasteiger partial charge in [-0.1, -0.05) is 101 Å². The van der Waals surface area contributed by atoms with Crippen LogP contribution in [0.25, 0.3) is 34.2 Å². The van der Waals surface area contributed by atoms with E-state index in [1.54, 1.807) is 0 Å². The molecule has 2 heterocycles. The molecule has 0 radical (unpaired) electrons. The van der Waals surface area contributed by atoms with Crippen LogP contribution in [0.2, 0.25) is 0 Å². The average molecular weight is 480 g/mol. The third-order valence-electron chi connectivity index (χ3n) is 5.74. The summed E-state index contributed by atoms with van der Waals surface area (Å²) in [5, 5.41) is 0. The Kier molecular flexibility index (Phi) is 4.69. The van der Waals surface area contributed by atoms with Crippen molar-refractivity contribution in [2.45, 2.75) is 12.0 Å². The second kappa shape index (κ2) is 7.84. The molecule has 0 N–H and O–H groups in total. The molecule has 0 amide bonds. The van der Waals surface area contributed by atoms with Gasteiger partial charge in [0.25, 0.3) is 0 Å². The number of aromatic nitrogens is 3. The zero-order chi connectivity index (χ0) is 21.5. The van der Waals surface area contributed by atoms with Gasteiger partial charge in [-0.3, -0.25) is 0 Å². The number of benzene rings is 3. The van der Waals surface area contributed by atoms with Crippen LogP contribution in [0.1, 0.15) is 11.5 Å². The molecule has 32 heavy (non-hydrogen) atoms. The largest absolute Gasteiger partial charge is 0.484 e. The smallest absolute Gasteiger partial charge is 0.167 e. The Hall–Kier alpha value is -3.57. The summed E-state index contributed by atoms with van der Waals surface area (Å²) in [6.07, 6.45) is 6.33. The monoisotopic (exact) mass is 479 g/mol. The summed E-state index contributed by atoms with van der Waals surface area (Å²) in [6.45, 7) is 0. The minimum absolute atomic E-state index is 0.0328. The molecule has 2 atom stereocenters. The molecular weight excluding hydrogens is 462 g/mol. The molecule has 1 aliphatic carbocycles. The topological polar surface area (TPSA) is 47.9 Å². The summed E-state index contributed by atoms with van der Waals surface area (Å²) in [5.41, 5.74) is 3.94. The van der Waals surface area contributed by atoms with Gasteiger partial charge in [0.05, 0.1) is 5.56 Å². The Morgan fingerprint density at radius 3 is 1.97 bits per heavy atom. The summed E-state index contributed by atoms with van der Waals surface area (Å²) in [7, 11) is 0. The van der Waals surface area contributed by atoms with Crippen molar-refractivity contribution < 1.29 is 4.74 Å². The lowest BCUT2D eigenvalue weighted by molar-refractivity contribution is 0.269. The number of nitrogens with zero attached hydrogens (tertiary/aromatic N) is 3. The minimum atomic E-state index is -0.0328. The van der Waals surface area contributed by atoms with Crippen molar-refractivity contribution in [3.05, 3.63) is 107 Å². The van der Waals surface area contributed by atoms with E-state index in [1.165, 1.54) is 0 Å². The van der Waals surface area contributed by atoms with Gasteiger partial charge in [0.1, 0.15) is 11.9 Å². The van der Waals surface area contributed by atoms with E-state index in [0.717, 1.165) is 32.5 Å². The van der Waals surface area contributed by atoms with Gasteiger partial charge < -0.3 is 4.74 Å². The molecule has 2 unspecified atom stereocenters. The molecule has 1 aliphatic heterocycles.